The van der Waals surface area contributed by atoms with E-state index in [0.717, 1.165) is 21.2 Å². The van der Waals surface area contributed by atoms with Gasteiger partial charge in [0.1, 0.15) is 6.04 Å². The number of carbonyl (C=O) groups is 2. The Morgan fingerprint density at radius 3 is 2.35 bits per heavy atom. The number of benzene rings is 2. The standard InChI is InChI=1S/C18H19BrN2O2/c1-11-6-12(2)8-14(7-11)18(23)21-16(17(20)22)10-13-4-3-5-15(19)9-13/h3-9,16H,10H2,1-2H3,(H2,20,22)(H,21,23)/t16-/m1/s1. The summed E-state index contributed by atoms with van der Waals surface area (Å²) >= 11 is 3.39. The number of halogens is 1. The van der Waals surface area contributed by atoms with Crippen molar-refractivity contribution in [3.05, 3.63) is 69.2 Å². The lowest BCUT2D eigenvalue weighted by Gasteiger charge is -2.16. The normalized spacial score (nSPS) is 11.8. The molecule has 0 bridgehead atoms. The van der Waals surface area contributed by atoms with Crippen LogP contribution in [0.4, 0.5) is 0 Å². The Morgan fingerprint density at radius 1 is 1.13 bits per heavy atom. The van der Waals surface area contributed by atoms with Crippen LogP contribution in [-0.2, 0) is 11.2 Å². The van der Waals surface area contributed by atoms with E-state index in [9.17, 15) is 9.59 Å². The van der Waals surface area contributed by atoms with Gasteiger partial charge in [0.05, 0.1) is 0 Å². The van der Waals surface area contributed by atoms with Crippen LogP contribution in [0.25, 0.3) is 0 Å². The van der Waals surface area contributed by atoms with Crippen molar-refractivity contribution in [3.63, 3.8) is 0 Å². The molecular weight excluding hydrogens is 356 g/mol. The molecule has 0 saturated carbocycles. The molecule has 0 aromatic heterocycles. The molecule has 23 heavy (non-hydrogen) atoms. The summed E-state index contributed by atoms with van der Waals surface area (Å²) in [5.74, 6) is -0.849. The first-order valence-electron chi connectivity index (χ1n) is 7.28. The number of hydrogen-bond acceptors (Lipinski definition) is 2. The lowest BCUT2D eigenvalue weighted by Crippen LogP contribution is -2.45. The fourth-order valence-electron chi connectivity index (χ4n) is 2.47. The maximum Gasteiger partial charge on any atom is 0.251 e. The maximum atomic E-state index is 12.4. The molecule has 0 fully saturated rings. The van der Waals surface area contributed by atoms with Crippen LogP contribution < -0.4 is 11.1 Å². The first-order valence-corrected chi connectivity index (χ1v) is 8.07. The Morgan fingerprint density at radius 2 is 1.78 bits per heavy atom. The van der Waals surface area contributed by atoms with Crippen LogP contribution in [0.15, 0.2) is 46.9 Å². The van der Waals surface area contributed by atoms with E-state index < -0.39 is 11.9 Å². The highest BCUT2D eigenvalue weighted by Gasteiger charge is 2.19. The van der Waals surface area contributed by atoms with Crippen molar-refractivity contribution in [2.45, 2.75) is 26.3 Å². The topological polar surface area (TPSA) is 72.2 Å². The highest BCUT2D eigenvalue weighted by molar-refractivity contribution is 9.10. The van der Waals surface area contributed by atoms with Crippen molar-refractivity contribution in [3.8, 4) is 0 Å². The molecule has 0 radical (unpaired) electrons. The Labute approximate surface area is 144 Å². The van der Waals surface area contributed by atoms with Crippen LogP contribution in [0.1, 0.15) is 27.0 Å². The van der Waals surface area contributed by atoms with Gasteiger partial charge in [-0.15, -0.1) is 0 Å². The van der Waals surface area contributed by atoms with Gasteiger partial charge < -0.3 is 11.1 Å². The third-order valence-corrected chi connectivity index (χ3v) is 3.95. The van der Waals surface area contributed by atoms with Gasteiger partial charge in [-0.2, -0.15) is 0 Å². The summed E-state index contributed by atoms with van der Waals surface area (Å²) in [5.41, 5.74) is 8.89. The number of carbonyl (C=O) groups excluding carboxylic acids is 2. The second-order valence-electron chi connectivity index (χ2n) is 5.64. The molecular formula is C18H19BrN2O2. The van der Waals surface area contributed by atoms with E-state index in [2.05, 4.69) is 21.2 Å². The molecule has 2 aromatic rings. The van der Waals surface area contributed by atoms with E-state index in [-0.39, 0.29) is 5.91 Å². The summed E-state index contributed by atoms with van der Waals surface area (Å²) in [5, 5.41) is 2.73. The minimum atomic E-state index is -0.752. The molecule has 2 aromatic carbocycles. The van der Waals surface area contributed by atoms with Crippen LogP contribution in [0, 0.1) is 13.8 Å². The molecule has 2 amide bonds. The first-order chi connectivity index (χ1) is 10.8. The molecule has 1 atom stereocenters. The van der Waals surface area contributed by atoms with E-state index in [1.165, 1.54) is 0 Å². The summed E-state index contributed by atoms with van der Waals surface area (Å²) in [6.45, 7) is 3.85. The number of hydrogen-bond donors (Lipinski definition) is 2. The molecule has 0 aliphatic rings. The zero-order valence-electron chi connectivity index (χ0n) is 13.1. The van der Waals surface area contributed by atoms with E-state index in [1.807, 2.05) is 44.2 Å². The molecule has 0 spiro atoms. The largest absolute Gasteiger partial charge is 0.368 e. The van der Waals surface area contributed by atoms with E-state index in [4.69, 9.17) is 5.73 Å². The number of amides is 2. The monoisotopic (exact) mass is 374 g/mol. The molecule has 0 saturated heterocycles. The number of rotatable bonds is 5. The maximum absolute atomic E-state index is 12.4. The highest BCUT2D eigenvalue weighted by Crippen LogP contribution is 2.14. The number of aryl methyl sites for hydroxylation is 2. The number of nitrogens with two attached hydrogens (primary N) is 1. The number of primary amides is 1. The molecule has 0 aliphatic heterocycles. The molecule has 0 unspecified atom stereocenters. The average Bonchev–Trinajstić information content (AvgIpc) is 2.45. The third-order valence-electron chi connectivity index (χ3n) is 3.46. The predicted molar refractivity (Wildman–Crippen MR) is 94.2 cm³/mol. The summed E-state index contributed by atoms with van der Waals surface area (Å²) in [6, 6.07) is 12.4. The van der Waals surface area contributed by atoms with Crippen molar-refractivity contribution in [1.29, 1.82) is 0 Å². The molecule has 0 heterocycles. The second-order valence-corrected chi connectivity index (χ2v) is 6.55. The molecule has 120 valence electrons. The molecule has 0 aliphatic carbocycles. The summed E-state index contributed by atoms with van der Waals surface area (Å²) in [4.78, 5) is 24.1. The van der Waals surface area contributed by atoms with Gasteiger partial charge >= 0.3 is 0 Å². The second kappa shape index (κ2) is 7.42. The molecule has 5 heteroatoms. The highest BCUT2D eigenvalue weighted by atomic mass is 79.9. The van der Waals surface area contributed by atoms with Gasteiger partial charge in [-0.05, 0) is 43.7 Å². The zero-order chi connectivity index (χ0) is 17.0. The van der Waals surface area contributed by atoms with Crippen LogP contribution in [0.5, 0.6) is 0 Å². The number of nitrogens with one attached hydrogen (secondary N) is 1. The predicted octanol–water partition coefficient (Wildman–Crippen LogP) is 2.89. The molecule has 3 N–H and O–H groups in total. The van der Waals surface area contributed by atoms with Gasteiger partial charge in [-0.25, -0.2) is 0 Å². The first kappa shape index (κ1) is 17.2. The Hall–Kier alpha value is -2.14. The average molecular weight is 375 g/mol. The fraction of sp³-hybridized carbons (Fsp3) is 0.222. The van der Waals surface area contributed by atoms with Crippen LogP contribution in [0.3, 0.4) is 0 Å². The van der Waals surface area contributed by atoms with Gasteiger partial charge in [-0.1, -0.05) is 45.3 Å². The smallest absolute Gasteiger partial charge is 0.251 e. The summed E-state index contributed by atoms with van der Waals surface area (Å²) in [7, 11) is 0. The Bertz CT molecular complexity index is 723. The van der Waals surface area contributed by atoms with Gasteiger partial charge in [0.15, 0.2) is 0 Å². The summed E-state index contributed by atoms with van der Waals surface area (Å²) in [6.07, 6.45) is 0.352. The Balaban J connectivity index is 2.15. The van der Waals surface area contributed by atoms with E-state index >= 15 is 0 Å². The van der Waals surface area contributed by atoms with Gasteiger partial charge in [0.2, 0.25) is 5.91 Å². The Kier molecular flexibility index (Phi) is 5.55. The van der Waals surface area contributed by atoms with Gasteiger partial charge in [0, 0.05) is 16.5 Å². The van der Waals surface area contributed by atoms with Crippen molar-refractivity contribution in [1.82, 2.24) is 5.32 Å². The van der Waals surface area contributed by atoms with Crippen LogP contribution in [0.2, 0.25) is 0 Å². The lowest BCUT2D eigenvalue weighted by molar-refractivity contribution is -0.119. The van der Waals surface area contributed by atoms with Crippen molar-refractivity contribution < 1.29 is 9.59 Å². The zero-order valence-corrected chi connectivity index (χ0v) is 14.7. The third kappa shape index (κ3) is 4.93. The van der Waals surface area contributed by atoms with E-state index in [1.54, 1.807) is 12.1 Å². The SMILES string of the molecule is Cc1cc(C)cc(C(=O)N[C@H](Cc2cccc(Br)c2)C(N)=O)c1. The van der Waals surface area contributed by atoms with Crippen molar-refractivity contribution >= 4 is 27.7 Å². The molecule has 2 rings (SSSR count). The van der Waals surface area contributed by atoms with Gasteiger partial charge in [0.25, 0.3) is 5.91 Å². The molecule has 4 nitrogen and oxygen atoms in total. The quantitative estimate of drug-likeness (QED) is 0.844. The van der Waals surface area contributed by atoms with Crippen LogP contribution >= 0.6 is 15.9 Å². The minimum absolute atomic E-state index is 0.296. The fourth-order valence-corrected chi connectivity index (χ4v) is 2.92. The minimum Gasteiger partial charge on any atom is -0.368 e. The van der Waals surface area contributed by atoms with Gasteiger partial charge in [-0.3, -0.25) is 9.59 Å². The van der Waals surface area contributed by atoms with Crippen LogP contribution in [-0.4, -0.2) is 17.9 Å². The van der Waals surface area contributed by atoms with Crippen molar-refractivity contribution in [2.75, 3.05) is 0 Å². The lowest BCUT2D eigenvalue weighted by atomic mass is 10.0. The van der Waals surface area contributed by atoms with E-state index in [0.29, 0.717) is 12.0 Å². The van der Waals surface area contributed by atoms with Crippen molar-refractivity contribution in [2.24, 2.45) is 5.73 Å². The summed E-state index contributed by atoms with van der Waals surface area (Å²) < 4.78 is 0.916.